The van der Waals surface area contributed by atoms with Gasteiger partial charge in [-0.3, -0.25) is 0 Å². The normalized spacial score (nSPS) is 18.7. The molecule has 0 saturated heterocycles. The minimum absolute atomic E-state index is 0. The van der Waals surface area contributed by atoms with Crippen molar-refractivity contribution in [3.8, 4) is 0 Å². The van der Waals surface area contributed by atoms with Crippen LogP contribution in [0, 0.1) is 0 Å². The zero-order valence-corrected chi connectivity index (χ0v) is 9.98. The second-order valence-electron chi connectivity index (χ2n) is 2.36. The molecule has 1 aliphatic rings. The fourth-order valence-electron chi connectivity index (χ4n) is 0.927. The van der Waals surface area contributed by atoms with Crippen LogP contribution in [-0.4, -0.2) is 0 Å². The monoisotopic (exact) mass is 369 g/mol. The van der Waals surface area contributed by atoms with Crippen molar-refractivity contribution in [2.45, 2.75) is 25.7 Å². The molecule has 0 aliphatic heterocycles. The van der Waals surface area contributed by atoms with Crippen LogP contribution in [-0.2, 0) is 20.1 Å². The standard InChI is InChI=1S/C8H10Cl2.Ir/c9-7-5-3-1-2-4-6-8(7)10;/h1-2H,3-6H2;. The molecule has 0 saturated carbocycles. The van der Waals surface area contributed by atoms with Crippen LogP contribution >= 0.6 is 23.2 Å². The van der Waals surface area contributed by atoms with Gasteiger partial charge in [0.2, 0.25) is 0 Å². The van der Waals surface area contributed by atoms with Crippen LogP contribution in [0.1, 0.15) is 25.7 Å². The van der Waals surface area contributed by atoms with Crippen molar-refractivity contribution in [3.63, 3.8) is 0 Å². The summed E-state index contributed by atoms with van der Waals surface area (Å²) in [6.45, 7) is 0. The molecular weight excluding hydrogens is 359 g/mol. The molecule has 0 spiro atoms. The molecule has 0 unspecified atom stereocenters. The number of rotatable bonds is 0. The third-order valence-electron chi connectivity index (χ3n) is 1.52. The van der Waals surface area contributed by atoms with Crippen molar-refractivity contribution in [1.29, 1.82) is 0 Å². The summed E-state index contributed by atoms with van der Waals surface area (Å²) < 4.78 is 0. The molecule has 0 nitrogen and oxygen atoms in total. The van der Waals surface area contributed by atoms with E-state index in [4.69, 9.17) is 23.2 Å². The van der Waals surface area contributed by atoms with Crippen LogP contribution < -0.4 is 0 Å². The van der Waals surface area contributed by atoms with E-state index >= 15 is 0 Å². The molecule has 1 rings (SSSR count). The molecule has 0 heterocycles. The fraction of sp³-hybridized carbons (Fsp3) is 0.500. The van der Waals surface area contributed by atoms with Gasteiger partial charge in [-0.25, -0.2) is 0 Å². The maximum Gasteiger partial charge on any atom is 0.0329 e. The van der Waals surface area contributed by atoms with E-state index in [0.29, 0.717) is 0 Å². The molecule has 0 amide bonds. The average Bonchev–Trinajstić information content (AvgIpc) is 1.92. The Morgan fingerprint density at radius 3 is 1.64 bits per heavy atom. The summed E-state index contributed by atoms with van der Waals surface area (Å²) in [5.74, 6) is 0. The second-order valence-corrected chi connectivity index (χ2v) is 3.27. The van der Waals surface area contributed by atoms with Crippen LogP contribution in [0.15, 0.2) is 22.2 Å². The molecule has 11 heavy (non-hydrogen) atoms. The molecule has 3 heteroatoms. The van der Waals surface area contributed by atoms with E-state index in [-0.39, 0.29) is 20.1 Å². The van der Waals surface area contributed by atoms with Gasteiger partial charge >= 0.3 is 0 Å². The quantitative estimate of drug-likeness (QED) is 0.570. The molecular formula is C8H10Cl2Ir. The van der Waals surface area contributed by atoms with Crippen LogP contribution in [0.25, 0.3) is 0 Å². The first kappa shape index (κ1) is 11.7. The van der Waals surface area contributed by atoms with Crippen molar-refractivity contribution in [3.05, 3.63) is 22.2 Å². The molecule has 0 fully saturated rings. The molecule has 0 atom stereocenters. The second kappa shape index (κ2) is 6.25. The number of hydrogen-bond acceptors (Lipinski definition) is 0. The van der Waals surface area contributed by atoms with Crippen LogP contribution in [0.3, 0.4) is 0 Å². The summed E-state index contributed by atoms with van der Waals surface area (Å²) in [5.41, 5.74) is 0. The average molecular weight is 369 g/mol. The summed E-state index contributed by atoms with van der Waals surface area (Å²) >= 11 is 11.7. The van der Waals surface area contributed by atoms with E-state index in [1.54, 1.807) is 0 Å². The van der Waals surface area contributed by atoms with Gasteiger partial charge in [0.05, 0.1) is 0 Å². The first-order chi connectivity index (χ1) is 4.80. The summed E-state index contributed by atoms with van der Waals surface area (Å²) in [5, 5.41) is 1.68. The maximum absolute atomic E-state index is 5.86. The minimum Gasteiger partial charge on any atom is -0.0882 e. The molecule has 0 aromatic rings. The first-order valence-corrected chi connectivity index (χ1v) is 4.24. The Morgan fingerprint density at radius 2 is 1.27 bits per heavy atom. The number of halogens is 2. The van der Waals surface area contributed by atoms with Crippen LogP contribution in [0.2, 0.25) is 0 Å². The SMILES string of the molecule is ClC1=C(Cl)CCC=CCC1.[Ir]. The Balaban J connectivity index is 0.000001000. The van der Waals surface area contributed by atoms with E-state index in [2.05, 4.69) is 12.2 Å². The smallest absolute Gasteiger partial charge is 0.0329 e. The van der Waals surface area contributed by atoms with E-state index in [1.807, 2.05) is 0 Å². The predicted octanol–water partition coefficient (Wildman–Crippen LogP) is 3.80. The van der Waals surface area contributed by atoms with Crippen molar-refractivity contribution in [2.75, 3.05) is 0 Å². The van der Waals surface area contributed by atoms with Gasteiger partial charge in [-0.2, -0.15) is 0 Å². The Hall–Kier alpha value is 0.709. The van der Waals surface area contributed by atoms with Gasteiger partial charge in [0.25, 0.3) is 0 Å². The molecule has 65 valence electrons. The molecule has 0 bridgehead atoms. The predicted molar refractivity (Wildman–Crippen MR) is 46.3 cm³/mol. The number of allylic oxidation sites excluding steroid dienone is 4. The van der Waals surface area contributed by atoms with Crippen molar-refractivity contribution in [1.82, 2.24) is 0 Å². The van der Waals surface area contributed by atoms with Crippen LogP contribution in [0.5, 0.6) is 0 Å². The Bertz CT molecular complexity index is 155. The Morgan fingerprint density at radius 1 is 0.909 bits per heavy atom. The Labute approximate surface area is 91.0 Å². The molecule has 0 aromatic heterocycles. The van der Waals surface area contributed by atoms with E-state index in [1.165, 1.54) is 0 Å². The van der Waals surface area contributed by atoms with E-state index in [0.717, 1.165) is 35.7 Å². The fourth-order valence-corrected chi connectivity index (χ4v) is 1.33. The van der Waals surface area contributed by atoms with Crippen LogP contribution in [0.4, 0.5) is 0 Å². The maximum atomic E-state index is 5.86. The third kappa shape index (κ3) is 4.32. The zero-order chi connectivity index (χ0) is 7.40. The van der Waals surface area contributed by atoms with E-state index < -0.39 is 0 Å². The molecule has 1 aliphatic carbocycles. The summed E-state index contributed by atoms with van der Waals surface area (Å²) in [4.78, 5) is 0. The largest absolute Gasteiger partial charge is 0.0882 e. The summed E-state index contributed by atoms with van der Waals surface area (Å²) in [6, 6.07) is 0. The topological polar surface area (TPSA) is 0 Å². The van der Waals surface area contributed by atoms with Gasteiger partial charge in [0.15, 0.2) is 0 Å². The minimum atomic E-state index is 0. The van der Waals surface area contributed by atoms with Gasteiger partial charge in [0.1, 0.15) is 0 Å². The molecule has 1 radical (unpaired) electrons. The van der Waals surface area contributed by atoms with Crippen molar-refractivity contribution >= 4 is 23.2 Å². The molecule has 0 N–H and O–H groups in total. The van der Waals surface area contributed by atoms with E-state index in [9.17, 15) is 0 Å². The Kier molecular flexibility index (Phi) is 6.65. The number of hydrogen-bond donors (Lipinski definition) is 0. The van der Waals surface area contributed by atoms with Crippen molar-refractivity contribution < 1.29 is 20.1 Å². The third-order valence-corrected chi connectivity index (χ3v) is 2.45. The first-order valence-electron chi connectivity index (χ1n) is 3.48. The van der Waals surface area contributed by atoms with Gasteiger partial charge in [-0.1, -0.05) is 35.4 Å². The molecule has 0 aromatic carbocycles. The van der Waals surface area contributed by atoms with Gasteiger partial charge in [0, 0.05) is 30.2 Å². The van der Waals surface area contributed by atoms with Gasteiger partial charge in [-0.05, 0) is 25.7 Å². The van der Waals surface area contributed by atoms with Crippen molar-refractivity contribution in [2.24, 2.45) is 0 Å². The zero-order valence-electron chi connectivity index (χ0n) is 6.07. The van der Waals surface area contributed by atoms with Gasteiger partial charge in [-0.15, -0.1) is 0 Å². The summed E-state index contributed by atoms with van der Waals surface area (Å²) in [7, 11) is 0. The van der Waals surface area contributed by atoms with Gasteiger partial charge < -0.3 is 0 Å². The summed E-state index contributed by atoms with van der Waals surface area (Å²) in [6.07, 6.45) is 8.16.